The van der Waals surface area contributed by atoms with Crippen LogP contribution in [0.1, 0.15) is 63.5 Å². The molecular weight excluding hydrogens is 234 g/mol. The Morgan fingerprint density at radius 1 is 1.05 bits per heavy atom. The Hall–Kier alpha value is -1.49. The van der Waals surface area contributed by atoms with E-state index in [9.17, 15) is 0 Å². The van der Waals surface area contributed by atoms with E-state index in [4.69, 9.17) is 10.00 Å². The van der Waals surface area contributed by atoms with Gasteiger partial charge < -0.3 is 4.74 Å². The van der Waals surface area contributed by atoms with Gasteiger partial charge in [0, 0.05) is 0 Å². The van der Waals surface area contributed by atoms with Gasteiger partial charge in [-0.3, -0.25) is 0 Å². The second-order valence-electron chi connectivity index (χ2n) is 4.90. The highest BCUT2D eigenvalue weighted by Gasteiger charge is 2.03. The fourth-order valence-corrected chi connectivity index (χ4v) is 2.13. The van der Waals surface area contributed by atoms with Crippen LogP contribution in [-0.2, 0) is 6.42 Å². The Bertz CT molecular complexity index is 406. The van der Waals surface area contributed by atoms with Crippen molar-refractivity contribution < 1.29 is 4.74 Å². The van der Waals surface area contributed by atoms with Crippen molar-refractivity contribution in [2.45, 2.75) is 58.8 Å². The van der Waals surface area contributed by atoms with Gasteiger partial charge in [-0.05, 0) is 36.6 Å². The van der Waals surface area contributed by atoms with Crippen molar-refractivity contribution in [1.82, 2.24) is 0 Å². The van der Waals surface area contributed by atoms with E-state index in [0.29, 0.717) is 5.56 Å². The lowest BCUT2D eigenvalue weighted by atomic mass is 10.1. The van der Waals surface area contributed by atoms with E-state index in [1.54, 1.807) is 0 Å². The van der Waals surface area contributed by atoms with Crippen molar-refractivity contribution in [3.63, 3.8) is 0 Å². The van der Waals surface area contributed by atoms with Crippen LogP contribution in [0.25, 0.3) is 0 Å². The monoisotopic (exact) mass is 259 g/mol. The zero-order valence-corrected chi connectivity index (χ0v) is 12.2. The van der Waals surface area contributed by atoms with Gasteiger partial charge in [-0.15, -0.1) is 0 Å². The minimum Gasteiger partial charge on any atom is -0.493 e. The van der Waals surface area contributed by atoms with Crippen LogP contribution in [0.5, 0.6) is 5.75 Å². The summed E-state index contributed by atoms with van der Waals surface area (Å²) in [5.41, 5.74) is 1.84. The van der Waals surface area contributed by atoms with Gasteiger partial charge in [0.2, 0.25) is 0 Å². The first kappa shape index (κ1) is 15.6. The standard InChI is InChI=1S/C17H25NO/c1-3-5-6-7-8-9-12-19-17-11-10-15(14-18)13-16(17)4-2/h10-11,13H,3-9,12H2,1-2H3. The van der Waals surface area contributed by atoms with E-state index in [1.807, 2.05) is 18.2 Å². The maximum absolute atomic E-state index is 8.87. The number of hydrogen-bond donors (Lipinski definition) is 0. The van der Waals surface area contributed by atoms with E-state index in [-0.39, 0.29) is 0 Å². The number of ether oxygens (including phenoxy) is 1. The molecule has 104 valence electrons. The molecule has 0 saturated heterocycles. The smallest absolute Gasteiger partial charge is 0.122 e. The lowest BCUT2D eigenvalue weighted by molar-refractivity contribution is 0.301. The average molecular weight is 259 g/mol. The van der Waals surface area contributed by atoms with Gasteiger partial charge in [0.15, 0.2) is 0 Å². The second-order valence-corrected chi connectivity index (χ2v) is 4.90. The summed E-state index contributed by atoms with van der Waals surface area (Å²) in [6, 6.07) is 7.85. The molecule has 19 heavy (non-hydrogen) atoms. The molecule has 2 nitrogen and oxygen atoms in total. The minimum atomic E-state index is 0.712. The minimum absolute atomic E-state index is 0.712. The Kier molecular flexibility index (Phi) is 7.74. The normalized spacial score (nSPS) is 10.2. The van der Waals surface area contributed by atoms with E-state index >= 15 is 0 Å². The van der Waals surface area contributed by atoms with Gasteiger partial charge in [-0.1, -0.05) is 46.0 Å². The van der Waals surface area contributed by atoms with Crippen LogP contribution < -0.4 is 4.74 Å². The van der Waals surface area contributed by atoms with Crippen LogP contribution in [0.2, 0.25) is 0 Å². The molecule has 0 bridgehead atoms. The number of unbranched alkanes of at least 4 members (excludes halogenated alkanes) is 5. The van der Waals surface area contributed by atoms with Gasteiger partial charge in [0.1, 0.15) is 5.75 Å². The third-order valence-electron chi connectivity index (χ3n) is 3.33. The maximum atomic E-state index is 8.87. The molecule has 1 aromatic carbocycles. The summed E-state index contributed by atoms with van der Waals surface area (Å²) in [7, 11) is 0. The molecule has 0 spiro atoms. The van der Waals surface area contributed by atoms with Crippen molar-refractivity contribution in [1.29, 1.82) is 5.26 Å². The lowest BCUT2D eigenvalue weighted by Gasteiger charge is -2.10. The lowest BCUT2D eigenvalue weighted by Crippen LogP contribution is -2.00. The van der Waals surface area contributed by atoms with Crippen LogP contribution in [0, 0.1) is 11.3 Å². The Balaban J connectivity index is 2.31. The molecule has 0 aliphatic carbocycles. The molecule has 0 unspecified atom stereocenters. The highest BCUT2D eigenvalue weighted by molar-refractivity contribution is 5.42. The number of nitrogens with zero attached hydrogens (tertiary/aromatic N) is 1. The molecule has 0 N–H and O–H groups in total. The Morgan fingerprint density at radius 2 is 1.79 bits per heavy atom. The molecule has 0 saturated carbocycles. The number of benzene rings is 1. The van der Waals surface area contributed by atoms with Gasteiger partial charge >= 0.3 is 0 Å². The largest absolute Gasteiger partial charge is 0.493 e. The van der Waals surface area contributed by atoms with E-state index in [0.717, 1.165) is 30.8 Å². The summed E-state index contributed by atoms with van der Waals surface area (Å²) in [5, 5.41) is 8.87. The third-order valence-corrected chi connectivity index (χ3v) is 3.33. The number of hydrogen-bond acceptors (Lipinski definition) is 2. The summed E-state index contributed by atoms with van der Waals surface area (Å²) in [6.07, 6.45) is 8.56. The van der Waals surface area contributed by atoms with Crippen molar-refractivity contribution in [2.24, 2.45) is 0 Å². The topological polar surface area (TPSA) is 33.0 Å². The first-order valence-corrected chi connectivity index (χ1v) is 7.47. The molecule has 0 aliphatic rings. The summed E-state index contributed by atoms with van der Waals surface area (Å²) < 4.78 is 5.82. The molecule has 0 radical (unpaired) electrons. The molecule has 0 aliphatic heterocycles. The molecule has 0 amide bonds. The van der Waals surface area contributed by atoms with Gasteiger partial charge in [0.25, 0.3) is 0 Å². The highest BCUT2D eigenvalue weighted by Crippen LogP contribution is 2.21. The Labute approximate surface area is 117 Å². The Morgan fingerprint density at radius 3 is 2.47 bits per heavy atom. The summed E-state index contributed by atoms with van der Waals surface area (Å²) in [4.78, 5) is 0. The van der Waals surface area contributed by atoms with Crippen LogP contribution in [-0.4, -0.2) is 6.61 Å². The zero-order chi connectivity index (χ0) is 13.9. The first-order valence-electron chi connectivity index (χ1n) is 7.47. The number of rotatable bonds is 9. The fraction of sp³-hybridized carbons (Fsp3) is 0.588. The second kappa shape index (κ2) is 9.44. The first-order chi connectivity index (χ1) is 9.31. The maximum Gasteiger partial charge on any atom is 0.122 e. The van der Waals surface area contributed by atoms with Crippen molar-refractivity contribution in [2.75, 3.05) is 6.61 Å². The molecule has 0 heterocycles. The van der Waals surface area contributed by atoms with Crippen LogP contribution in [0.15, 0.2) is 18.2 Å². The van der Waals surface area contributed by atoms with Gasteiger partial charge in [-0.25, -0.2) is 0 Å². The van der Waals surface area contributed by atoms with Crippen LogP contribution >= 0.6 is 0 Å². The average Bonchev–Trinajstić information content (AvgIpc) is 2.46. The SMILES string of the molecule is CCCCCCCCOc1ccc(C#N)cc1CC. The quantitative estimate of drug-likeness (QED) is 0.593. The number of aryl methyl sites for hydroxylation is 1. The summed E-state index contributed by atoms with van der Waals surface area (Å²) >= 11 is 0. The molecule has 2 heteroatoms. The molecule has 1 rings (SSSR count). The molecule has 0 fully saturated rings. The predicted octanol–water partition coefficient (Wildman–Crippen LogP) is 4.86. The van der Waals surface area contributed by atoms with Crippen molar-refractivity contribution in [3.05, 3.63) is 29.3 Å². The summed E-state index contributed by atoms with van der Waals surface area (Å²) in [5.74, 6) is 0.940. The van der Waals surface area contributed by atoms with Gasteiger partial charge in [0.05, 0.1) is 18.2 Å². The van der Waals surface area contributed by atoms with E-state index in [1.165, 1.54) is 32.1 Å². The predicted molar refractivity (Wildman–Crippen MR) is 79.4 cm³/mol. The van der Waals surface area contributed by atoms with Crippen LogP contribution in [0.3, 0.4) is 0 Å². The van der Waals surface area contributed by atoms with Crippen LogP contribution in [0.4, 0.5) is 0 Å². The number of nitriles is 1. The van der Waals surface area contributed by atoms with E-state index < -0.39 is 0 Å². The third kappa shape index (κ3) is 5.79. The van der Waals surface area contributed by atoms with Gasteiger partial charge in [-0.2, -0.15) is 5.26 Å². The van der Waals surface area contributed by atoms with Crippen molar-refractivity contribution >= 4 is 0 Å². The van der Waals surface area contributed by atoms with E-state index in [2.05, 4.69) is 19.9 Å². The van der Waals surface area contributed by atoms with Crippen molar-refractivity contribution in [3.8, 4) is 11.8 Å². The summed E-state index contributed by atoms with van der Waals surface area (Å²) in [6.45, 7) is 5.11. The fourth-order valence-electron chi connectivity index (χ4n) is 2.13. The molecular formula is C17H25NO. The molecule has 1 aromatic rings. The highest BCUT2D eigenvalue weighted by atomic mass is 16.5. The molecule has 0 atom stereocenters. The zero-order valence-electron chi connectivity index (χ0n) is 12.2. The molecule has 0 aromatic heterocycles.